The van der Waals surface area contributed by atoms with E-state index < -0.39 is 34.3 Å². The van der Waals surface area contributed by atoms with E-state index in [0.717, 1.165) is 51.4 Å². The van der Waals surface area contributed by atoms with E-state index in [4.69, 9.17) is 94.4 Å². The lowest BCUT2D eigenvalue weighted by Gasteiger charge is -2.09. The molecular weight excluding hydrogens is 1570 g/mol. The van der Waals surface area contributed by atoms with Crippen molar-refractivity contribution in [1.29, 1.82) is 0 Å². The van der Waals surface area contributed by atoms with E-state index in [-0.39, 0.29) is 0 Å². The standard InChI is InChI=1S/C13H10BrClOS.C13H10BrClS.C12H6BrClS.C7H6ClIS.C6H6BBrO2.C2H4O2.H2O4S.H2O2/c1-17(16)13-8-9(15)6-7-11(13)10-4-2-3-5-12(10)14;1-16-13-8-9(15)6-7-11(13)10-4-2-3-5-12(10)14;13-9-2-1-3-10-12(9)8-5-4-7(14)6-11(8)15-10;1-10-7-4-5(8)2-3-6(7)9;8-6-4-2-1-3-5(6)7(9)10;1-2(3)4;1-5(2,3)4;1-2/h2-8H,1H3;2-8H,1H3;1-6H;2-4H,1H3;1-4,9-10H;1H3,(H,3,4);(H2,1,2,3,4);1-2H. The SMILES string of the molecule is CC(=O)O.CS(=O)c1cc(Cl)ccc1-c1ccccc1Br.CSc1cc(Cl)ccc1-c1ccccc1Br.CSc1cc(Cl)ccc1I.Clc1ccc2c(c1)sc1cccc(Br)c12.O=S(=O)(O)O.OB(O)c1ccccc1Br.OO. The van der Waals surface area contributed by atoms with Crippen molar-refractivity contribution in [1.82, 2.24) is 0 Å². The van der Waals surface area contributed by atoms with Gasteiger partial charge in [0.05, 0.1) is 10.8 Å². The molecule has 0 saturated heterocycles. The van der Waals surface area contributed by atoms with Gasteiger partial charge < -0.3 is 15.2 Å². The first-order valence-electron chi connectivity index (χ1n) is 21.7. The zero-order valence-electron chi connectivity index (χ0n) is 41.4. The molecule has 0 aliphatic rings. The molecule has 1 heterocycles. The number of aliphatic carboxylic acids is 1. The Morgan fingerprint density at radius 2 is 1.00 bits per heavy atom. The van der Waals surface area contributed by atoms with Crippen LogP contribution in [0.25, 0.3) is 42.4 Å². The second kappa shape index (κ2) is 38.0. The molecule has 0 spiro atoms. The molecule has 0 bridgehead atoms. The summed E-state index contributed by atoms with van der Waals surface area (Å²) in [5.41, 5.74) is 4.87. The Labute approximate surface area is 541 Å². The summed E-state index contributed by atoms with van der Waals surface area (Å²) in [6, 6.07) is 52.7. The minimum absolute atomic E-state index is 0.488. The van der Waals surface area contributed by atoms with Gasteiger partial charge in [0.25, 0.3) is 5.97 Å². The number of carboxylic acids is 1. The number of carboxylic acid groups (broad SMARTS) is 1. The summed E-state index contributed by atoms with van der Waals surface area (Å²) in [6.45, 7) is 1.08. The Kier molecular flexibility index (Phi) is 35.1. The van der Waals surface area contributed by atoms with Crippen LogP contribution in [0.2, 0.25) is 20.1 Å². The molecule has 420 valence electrons. The van der Waals surface area contributed by atoms with E-state index in [1.54, 1.807) is 65.4 Å². The predicted octanol–water partition coefficient (Wildman–Crippen LogP) is 18.7. The molecule has 9 aromatic rings. The largest absolute Gasteiger partial charge is 0.489 e. The third kappa shape index (κ3) is 26.6. The third-order valence-corrected chi connectivity index (χ3v) is 18.1. The Balaban J connectivity index is 0.000000326. The first kappa shape index (κ1) is 73.0. The summed E-state index contributed by atoms with van der Waals surface area (Å²) in [6.07, 6.45) is 5.77. The molecule has 1 aromatic heterocycles. The average molecular weight is 1620 g/mol. The molecule has 26 heteroatoms. The molecule has 1 atom stereocenters. The van der Waals surface area contributed by atoms with Gasteiger partial charge in [-0.25, -0.2) is 0 Å². The zero-order valence-corrected chi connectivity index (χ0v) is 57.0. The van der Waals surface area contributed by atoms with Crippen LogP contribution in [0.3, 0.4) is 0 Å². The van der Waals surface area contributed by atoms with Crippen LogP contribution in [0.5, 0.6) is 0 Å². The summed E-state index contributed by atoms with van der Waals surface area (Å²) < 4.78 is 51.1. The molecule has 1 unspecified atom stereocenters. The van der Waals surface area contributed by atoms with Gasteiger partial charge in [-0.3, -0.25) is 28.6 Å². The van der Waals surface area contributed by atoms with Crippen molar-refractivity contribution in [2.45, 2.75) is 21.6 Å². The second-order valence-corrected chi connectivity index (χ2v) is 26.2. The number of halogens is 9. The van der Waals surface area contributed by atoms with Gasteiger partial charge >= 0.3 is 17.5 Å². The smallest absolute Gasteiger partial charge is 0.481 e. The van der Waals surface area contributed by atoms with Crippen LogP contribution in [0.15, 0.2) is 196 Å². The van der Waals surface area contributed by atoms with E-state index >= 15 is 0 Å². The molecule has 79 heavy (non-hydrogen) atoms. The zero-order chi connectivity index (χ0) is 59.6. The Hall–Kier alpha value is -2.12. The summed E-state index contributed by atoms with van der Waals surface area (Å²) in [4.78, 5) is 12.2. The fourth-order valence-corrected chi connectivity index (χ4v) is 13.5. The lowest BCUT2D eigenvalue weighted by molar-refractivity contribution is -0.176. The van der Waals surface area contributed by atoms with Crippen LogP contribution in [0, 0.1) is 3.57 Å². The van der Waals surface area contributed by atoms with Crippen LogP contribution >= 0.6 is 168 Å². The Morgan fingerprint density at radius 3 is 1.47 bits per heavy atom. The molecule has 8 aromatic carbocycles. The third-order valence-electron chi connectivity index (χ3n) is 9.45. The first-order chi connectivity index (χ1) is 37.2. The van der Waals surface area contributed by atoms with Gasteiger partial charge in [-0.2, -0.15) is 8.42 Å². The van der Waals surface area contributed by atoms with Gasteiger partial charge in [-0.1, -0.05) is 189 Å². The first-order valence-corrected chi connectivity index (χ1v) is 33.7. The maximum Gasteiger partial charge on any atom is 0.489 e. The van der Waals surface area contributed by atoms with Crippen molar-refractivity contribution in [2.75, 3.05) is 18.8 Å². The number of benzene rings is 8. The van der Waals surface area contributed by atoms with Crippen LogP contribution in [-0.2, 0) is 26.0 Å². The number of thioether (sulfide) groups is 2. The number of rotatable bonds is 6. The van der Waals surface area contributed by atoms with Crippen LogP contribution < -0.4 is 5.46 Å². The minimum atomic E-state index is -4.67. The van der Waals surface area contributed by atoms with Crippen molar-refractivity contribution in [3.05, 3.63) is 205 Å². The van der Waals surface area contributed by atoms with Crippen molar-refractivity contribution < 1.29 is 52.2 Å². The van der Waals surface area contributed by atoms with Gasteiger partial charge in [0.2, 0.25) is 0 Å². The number of hydrogen-bond donors (Lipinski definition) is 7. The summed E-state index contributed by atoms with van der Waals surface area (Å²) in [5, 5.41) is 42.4. The van der Waals surface area contributed by atoms with E-state index in [2.05, 4.69) is 129 Å². The molecule has 9 rings (SSSR count). The fraction of sp³-hybridized carbons (Fsp3) is 0.0755. The summed E-state index contributed by atoms with van der Waals surface area (Å²) in [7, 11) is -7.12. The molecule has 0 aliphatic carbocycles. The molecule has 0 aliphatic heterocycles. The van der Waals surface area contributed by atoms with Crippen LogP contribution in [-0.4, -0.2) is 79.3 Å². The molecule has 11 nitrogen and oxygen atoms in total. The molecule has 0 radical (unpaired) electrons. The van der Waals surface area contributed by atoms with E-state index in [0.29, 0.717) is 15.0 Å². The van der Waals surface area contributed by atoms with Gasteiger partial charge in [0.1, 0.15) is 0 Å². The highest BCUT2D eigenvalue weighted by molar-refractivity contribution is 14.1. The normalized spacial score (nSPS) is 10.5. The van der Waals surface area contributed by atoms with E-state index in [1.165, 1.54) is 44.7 Å². The maximum absolute atomic E-state index is 11.7. The lowest BCUT2D eigenvalue weighted by Crippen LogP contribution is -2.30. The van der Waals surface area contributed by atoms with Crippen molar-refractivity contribution in [3.63, 3.8) is 0 Å². The van der Waals surface area contributed by atoms with Crippen LogP contribution in [0.4, 0.5) is 0 Å². The van der Waals surface area contributed by atoms with Crippen molar-refractivity contribution in [2.24, 2.45) is 0 Å². The lowest BCUT2D eigenvalue weighted by atomic mass is 9.80. The van der Waals surface area contributed by atoms with Crippen molar-refractivity contribution >= 4 is 227 Å². The summed E-state index contributed by atoms with van der Waals surface area (Å²) >= 11 is 45.0. The molecule has 7 N–H and O–H groups in total. The van der Waals surface area contributed by atoms with Crippen molar-refractivity contribution in [3.8, 4) is 22.3 Å². The highest BCUT2D eigenvalue weighted by atomic mass is 127. The number of carbonyl (C=O) groups is 1. The van der Waals surface area contributed by atoms with Gasteiger partial charge in [-0.05, 0) is 148 Å². The van der Waals surface area contributed by atoms with Gasteiger partial charge in [0.15, 0.2) is 0 Å². The second-order valence-electron chi connectivity index (χ2n) is 14.9. The highest BCUT2D eigenvalue weighted by Crippen LogP contribution is 2.40. The molecule has 0 saturated carbocycles. The average Bonchev–Trinajstić information content (AvgIpc) is 3.77. The van der Waals surface area contributed by atoms with Crippen LogP contribution in [0.1, 0.15) is 6.92 Å². The number of thiophene rings is 1. The quantitative estimate of drug-likeness (QED) is 0.0207. The predicted molar refractivity (Wildman–Crippen MR) is 358 cm³/mol. The Morgan fingerprint density at radius 1 is 0.582 bits per heavy atom. The maximum atomic E-state index is 11.7. The Bertz CT molecular complexity index is 3540. The van der Waals surface area contributed by atoms with E-state index in [1.807, 2.05) is 109 Å². The van der Waals surface area contributed by atoms with E-state index in [9.17, 15) is 4.21 Å². The topological polar surface area (TPSA) is 210 Å². The summed E-state index contributed by atoms with van der Waals surface area (Å²) in [5.74, 6) is -0.833. The number of hydrogen-bond acceptors (Lipinski definition) is 11. The van der Waals surface area contributed by atoms with Gasteiger partial charge in [-0.15, -0.1) is 34.9 Å². The molecule has 0 amide bonds. The molecule has 0 fully saturated rings. The fourth-order valence-electron chi connectivity index (χ4n) is 6.28. The molecular formula is C53H46BBr4Cl4IO11S5. The minimum Gasteiger partial charge on any atom is -0.481 e. The monoisotopic (exact) mass is 1610 g/mol. The van der Waals surface area contributed by atoms with Gasteiger partial charge in [0, 0.05) is 89.6 Å². The number of fused-ring (bicyclic) bond motifs is 3. The highest BCUT2D eigenvalue weighted by Gasteiger charge is 2.14.